The van der Waals surface area contributed by atoms with Crippen molar-refractivity contribution in [1.29, 1.82) is 0 Å². The molecule has 2 bridgehead atoms. The van der Waals surface area contributed by atoms with Gasteiger partial charge in [0.1, 0.15) is 18.2 Å². The first-order valence-corrected chi connectivity index (χ1v) is 11.3. The SMILES string of the molecule is O=c1nc(OCc2ccc(Oc3ccc(Cl)c(C(F)(F)F)c3)c(F)c2)cc2n1CC13CC(CN21)C3. The van der Waals surface area contributed by atoms with Crippen molar-refractivity contribution in [1.82, 2.24) is 9.55 Å². The van der Waals surface area contributed by atoms with E-state index < -0.39 is 22.6 Å². The third kappa shape index (κ3) is 3.71. The van der Waals surface area contributed by atoms with Crippen LogP contribution in [-0.2, 0) is 19.3 Å². The van der Waals surface area contributed by atoms with Gasteiger partial charge >= 0.3 is 11.9 Å². The third-order valence-electron chi connectivity index (χ3n) is 6.90. The lowest BCUT2D eigenvalue weighted by Gasteiger charge is -2.37. The Morgan fingerprint density at radius 3 is 2.69 bits per heavy atom. The molecule has 35 heavy (non-hydrogen) atoms. The molecule has 6 nitrogen and oxygen atoms in total. The summed E-state index contributed by atoms with van der Waals surface area (Å²) in [6.07, 6.45) is -2.49. The van der Waals surface area contributed by atoms with Crippen molar-refractivity contribution >= 4 is 17.4 Å². The molecule has 0 radical (unpaired) electrons. The van der Waals surface area contributed by atoms with E-state index >= 15 is 0 Å². The van der Waals surface area contributed by atoms with Crippen LogP contribution in [0.1, 0.15) is 24.0 Å². The minimum atomic E-state index is -4.67. The van der Waals surface area contributed by atoms with Gasteiger partial charge in [0.15, 0.2) is 11.6 Å². The van der Waals surface area contributed by atoms with Crippen molar-refractivity contribution < 1.29 is 27.0 Å². The Hall–Kier alpha value is -3.27. The summed E-state index contributed by atoms with van der Waals surface area (Å²) in [7, 11) is 0. The van der Waals surface area contributed by atoms with E-state index in [-0.39, 0.29) is 35.2 Å². The van der Waals surface area contributed by atoms with Crippen LogP contribution in [-0.4, -0.2) is 21.6 Å². The van der Waals surface area contributed by atoms with E-state index in [0.717, 1.165) is 37.3 Å². The van der Waals surface area contributed by atoms with Gasteiger partial charge in [0.2, 0.25) is 5.88 Å². The second kappa shape index (κ2) is 7.61. The van der Waals surface area contributed by atoms with Gasteiger partial charge in [-0.3, -0.25) is 4.57 Å². The van der Waals surface area contributed by atoms with Gasteiger partial charge in [0, 0.05) is 12.6 Å². The molecule has 3 fully saturated rings. The van der Waals surface area contributed by atoms with Crippen LogP contribution in [0.25, 0.3) is 0 Å². The molecule has 0 amide bonds. The highest BCUT2D eigenvalue weighted by Gasteiger charge is 2.60. The first-order chi connectivity index (χ1) is 16.6. The summed E-state index contributed by atoms with van der Waals surface area (Å²) in [5.41, 5.74) is -0.969. The Morgan fingerprint density at radius 2 is 1.94 bits per heavy atom. The second-order valence-electron chi connectivity index (χ2n) is 9.23. The number of alkyl halides is 3. The average molecular weight is 508 g/mol. The van der Waals surface area contributed by atoms with Gasteiger partial charge in [-0.05, 0) is 54.7 Å². The summed E-state index contributed by atoms with van der Waals surface area (Å²) in [6.45, 7) is 1.52. The molecule has 1 aromatic heterocycles. The van der Waals surface area contributed by atoms with Gasteiger partial charge in [0.25, 0.3) is 0 Å². The normalized spacial score (nSPS) is 22.0. The highest BCUT2D eigenvalue weighted by Crippen LogP contribution is 2.56. The van der Waals surface area contributed by atoms with Gasteiger partial charge in [-0.1, -0.05) is 17.7 Å². The fourth-order valence-corrected chi connectivity index (χ4v) is 5.59. The topological polar surface area (TPSA) is 56.6 Å². The predicted molar refractivity (Wildman–Crippen MR) is 119 cm³/mol. The molecule has 1 spiro atoms. The van der Waals surface area contributed by atoms with Crippen LogP contribution in [0.4, 0.5) is 23.4 Å². The maximum Gasteiger partial charge on any atom is 0.417 e. The first-order valence-electron chi connectivity index (χ1n) is 11.0. The van der Waals surface area contributed by atoms with Crippen molar-refractivity contribution in [3.63, 3.8) is 0 Å². The molecule has 2 aromatic carbocycles. The maximum atomic E-state index is 14.6. The number of rotatable bonds is 5. The number of hydrogen-bond donors (Lipinski definition) is 0. The van der Waals surface area contributed by atoms with E-state index in [0.29, 0.717) is 24.1 Å². The number of benzene rings is 2. The molecule has 1 saturated carbocycles. The van der Waals surface area contributed by atoms with Crippen molar-refractivity contribution in [2.24, 2.45) is 5.92 Å². The molecule has 0 unspecified atom stereocenters. The van der Waals surface area contributed by atoms with Gasteiger partial charge in [-0.25, -0.2) is 9.18 Å². The number of anilines is 1. The standard InChI is InChI=1S/C24H18ClF4N3O3/c25-17-3-2-15(6-16(17)24(27,28)29)35-19-4-1-13(5-18(19)26)11-34-20-7-21-31(22(33)30-20)12-23-8-14(9-23)10-32(21)23/h1-7,14H,8-12H2. The third-order valence-corrected chi connectivity index (χ3v) is 7.23. The summed E-state index contributed by atoms with van der Waals surface area (Å²) in [4.78, 5) is 18.8. The molecule has 2 saturated heterocycles. The number of fused-ring (bicyclic) bond motifs is 1. The highest BCUT2D eigenvalue weighted by molar-refractivity contribution is 6.31. The van der Waals surface area contributed by atoms with E-state index in [1.807, 2.05) is 0 Å². The second-order valence-corrected chi connectivity index (χ2v) is 9.63. The molecule has 4 heterocycles. The van der Waals surface area contributed by atoms with E-state index in [4.69, 9.17) is 21.1 Å². The number of aromatic nitrogens is 2. The fourth-order valence-electron chi connectivity index (χ4n) is 5.37. The molecular formula is C24H18ClF4N3O3. The molecule has 0 atom stereocenters. The van der Waals surface area contributed by atoms with Crippen molar-refractivity contribution in [2.45, 2.75) is 37.7 Å². The zero-order valence-corrected chi connectivity index (χ0v) is 18.9. The lowest BCUT2D eigenvalue weighted by molar-refractivity contribution is -0.137. The zero-order valence-electron chi connectivity index (χ0n) is 18.1. The predicted octanol–water partition coefficient (Wildman–Crippen LogP) is 5.41. The molecule has 1 aliphatic carbocycles. The van der Waals surface area contributed by atoms with Crippen molar-refractivity contribution in [2.75, 3.05) is 11.4 Å². The minimum Gasteiger partial charge on any atom is -0.473 e. The van der Waals surface area contributed by atoms with E-state index in [1.54, 1.807) is 10.6 Å². The quantitative estimate of drug-likeness (QED) is 0.432. The lowest BCUT2D eigenvalue weighted by atomic mass is 9.74. The van der Waals surface area contributed by atoms with Gasteiger partial charge in [0.05, 0.1) is 22.7 Å². The molecule has 182 valence electrons. The van der Waals surface area contributed by atoms with E-state index in [1.165, 1.54) is 18.2 Å². The van der Waals surface area contributed by atoms with Crippen LogP contribution in [0.3, 0.4) is 0 Å². The van der Waals surface area contributed by atoms with Crippen LogP contribution in [0.2, 0.25) is 5.02 Å². The van der Waals surface area contributed by atoms with Crippen LogP contribution < -0.4 is 20.1 Å². The van der Waals surface area contributed by atoms with Gasteiger partial charge in [-0.15, -0.1) is 0 Å². The smallest absolute Gasteiger partial charge is 0.417 e. The zero-order chi connectivity index (χ0) is 24.5. The molecule has 3 aromatic rings. The van der Waals surface area contributed by atoms with Crippen LogP contribution >= 0.6 is 11.6 Å². The Labute approximate surface area is 201 Å². The largest absolute Gasteiger partial charge is 0.473 e. The monoisotopic (exact) mass is 507 g/mol. The van der Waals surface area contributed by atoms with Crippen LogP contribution in [0.15, 0.2) is 47.3 Å². The summed E-state index contributed by atoms with van der Waals surface area (Å²) < 4.78 is 66.4. The van der Waals surface area contributed by atoms with Gasteiger partial charge < -0.3 is 14.4 Å². The summed E-state index contributed by atoms with van der Waals surface area (Å²) >= 11 is 5.61. The molecule has 11 heteroatoms. The van der Waals surface area contributed by atoms with Crippen molar-refractivity contribution in [3.8, 4) is 17.4 Å². The Kier molecular flexibility index (Phi) is 4.83. The van der Waals surface area contributed by atoms with Crippen molar-refractivity contribution in [3.05, 3.63) is 74.9 Å². The summed E-state index contributed by atoms with van der Waals surface area (Å²) in [6, 6.07) is 8.68. The molecule has 3 aliphatic heterocycles. The number of ether oxygens (including phenoxy) is 2. The molecular weight excluding hydrogens is 490 g/mol. The summed E-state index contributed by atoms with van der Waals surface area (Å²) in [5.74, 6) is 0.393. The van der Waals surface area contributed by atoms with Crippen LogP contribution in [0, 0.1) is 11.7 Å². The Morgan fingerprint density at radius 1 is 1.14 bits per heavy atom. The van der Waals surface area contributed by atoms with Gasteiger partial charge in [-0.2, -0.15) is 18.2 Å². The van der Waals surface area contributed by atoms with E-state index in [2.05, 4.69) is 9.88 Å². The number of nitrogens with zero attached hydrogens (tertiary/aromatic N) is 3. The fraction of sp³-hybridized carbons (Fsp3) is 0.333. The average Bonchev–Trinajstić information content (AvgIpc) is 3.40. The molecule has 7 rings (SSSR count). The minimum absolute atomic E-state index is 0.0427. The maximum absolute atomic E-state index is 14.6. The Bertz CT molecular complexity index is 1400. The van der Waals surface area contributed by atoms with Crippen LogP contribution in [0.5, 0.6) is 17.4 Å². The first kappa shape index (κ1) is 22.2. The number of hydrogen-bond acceptors (Lipinski definition) is 5. The molecule has 0 N–H and O–H groups in total. The van der Waals surface area contributed by atoms with E-state index in [9.17, 15) is 22.4 Å². The highest BCUT2D eigenvalue weighted by atomic mass is 35.5. The molecule has 4 aliphatic rings. The lowest BCUT2D eigenvalue weighted by Crippen LogP contribution is -2.44. The summed E-state index contributed by atoms with van der Waals surface area (Å²) in [5, 5.41) is -0.477. The number of halogens is 5. The Balaban J connectivity index is 1.16.